The first kappa shape index (κ1) is 27.7. The van der Waals surface area contributed by atoms with Gasteiger partial charge in [0.15, 0.2) is 5.78 Å². The van der Waals surface area contributed by atoms with Gasteiger partial charge in [-0.1, -0.05) is 32.0 Å². The number of hydrogen-bond donors (Lipinski definition) is 2. The Bertz CT molecular complexity index is 826. The molecule has 162 valence electrons. The van der Waals surface area contributed by atoms with Crippen LogP contribution in [0.15, 0.2) is 24.3 Å². The zero-order valence-corrected chi connectivity index (χ0v) is 25.5. The fourth-order valence-electron chi connectivity index (χ4n) is 3.53. The molecule has 0 spiro atoms. The van der Waals surface area contributed by atoms with Gasteiger partial charge in [0.25, 0.3) is 0 Å². The second-order valence-corrected chi connectivity index (χ2v) is 41.9. The van der Waals surface area contributed by atoms with Crippen molar-refractivity contribution >= 4 is 82.5 Å². The van der Waals surface area contributed by atoms with E-state index in [9.17, 15) is 9.59 Å². The third-order valence-electron chi connectivity index (χ3n) is 4.94. The summed E-state index contributed by atoms with van der Waals surface area (Å²) >= 11 is 7.39. The Labute approximate surface area is 211 Å². The molecule has 2 aromatic rings. The van der Waals surface area contributed by atoms with Crippen LogP contribution >= 0.6 is 59.9 Å². The topological polar surface area (TPSA) is 65.2 Å². The maximum absolute atomic E-state index is 12.8. The molecule has 3 rings (SSSR count). The summed E-state index contributed by atoms with van der Waals surface area (Å²) in [6, 6.07) is 7.23. The van der Waals surface area contributed by atoms with Gasteiger partial charge < -0.3 is 15.2 Å². The third kappa shape index (κ3) is 7.06. The van der Waals surface area contributed by atoms with Gasteiger partial charge in [0.1, 0.15) is 0 Å². The van der Waals surface area contributed by atoms with Crippen LogP contribution in [-0.2, 0) is 20.9 Å². The van der Waals surface area contributed by atoms with E-state index in [1.165, 1.54) is 0 Å². The molecule has 1 aromatic carbocycles. The van der Waals surface area contributed by atoms with Crippen molar-refractivity contribution in [3.05, 3.63) is 35.5 Å². The number of Topliss-reactive ketones (excluding diaryl/α,β-unsaturated/α-hetero) is 1. The van der Waals surface area contributed by atoms with Gasteiger partial charge in [-0.3, -0.25) is 9.59 Å². The van der Waals surface area contributed by atoms with E-state index in [0.29, 0.717) is 6.42 Å². The molecule has 3 atom stereocenters. The molecule has 1 aliphatic rings. The van der Waals surface area contributed by atoms with Crippen molar-refractivity contribution in [2.45, 2.75) is 59.2 Å². The summed E-state index contributed by atoms with van der Waals surface area (Å²) in [7, 11) is 1.76. The quantitative estimate of drug-likeness (QED) is 0.385. The number of para-hydroxylation sites is 1. The van der Waals surface area contributed by atoms with Crippen molar-refractivity contribution in [1.82, 2.24) is 15.2 Å². The molecule has 1 aliphatic heterocycles. The minimum atomic E-state index is -0.403. The number of H-pyrrole nitrogens is 1. The van der Waals surface area contributed by atoms with Crippen LogP contribution in [0.5, 0.6) is 0 Å². The average Bonchev–Trinajstić information content (AvgIpc) is 3.07. The molecule has 9 heteroatoms. The molecule has 2 N–H and O–H groups in total. The number of rotatable bonds is 3. The van der Waals surface area contributed by atoms with Crippen LogP contribution in [0.1, 0.15) is 51.9 Å². The molecular formula is C20H29I3N3O2V. The van der Waals surface area contributed by atoms with E-state index in [1.54, 1.807) is 18.9 Å². The number of halogens is 3. The van der Waals surface area contributed by atoms with Crippen molar-refractivity contribution in [1.29, 1.82) is 0 Å². The molecule has 1 aromatic heterocycles. The van der Waals surface area contributed by atoms with Crippen molar-refractivity contribution in [3.8, 4) is 0 Å². The third-order valence-corrected chi connectivity index (χ3v) is 4.94. The molecule has 0 saturated heterocycles. The summed E-state index contributed by atoms with van der Waals surface area (Å²) in [5.41, 5.74) is 3.26. The zero-order valence-electron chi connectivity index (χ0n) is 17.6. The second-order valence-electron chi connectivity index (χ2n) is 6.52. The first-order chi connectivity index (χ1) is 13.7. The number of likely N-dealkylation sites (N-methyl/N-ethyl adjacent to an activating group) is 1. The second kappa shape index (κ2) is 13.2. The van der Waals surface area contributed by atoms with E-state index in [0.717, 1.165) is 22.2 Å². The predicted molar refractivity (Wildman–Crippen MR) is 144 cm³/mol. The molecule has 0 fully saturated rings. The Hall–Kier alpha value is 0.634. The van der Waals surface area contributed by atoms with Gasteiger partial charge in [-0.15, -0.1) is 0 Å². The molecular weight excluding hydrogens is 746 g/mol. The first-order valence-electron chi connectivity index (χ1n) is 9.55. The van der Waals surface area contributed by atoms with Crippen LogP contribution in [0, 0.1) is 0 Å². The number of nitrogens with one attached hydrogen (secondary N) is 2. The van der Waals surface area contributed by atoms with Crippen molar-refractivity contribution in [3.63, 3.8) is 0 Å². The summed E-state index contributed by atoms with van der Waals surface area (Å²) < 4.78 is 0. The fraction of sp³-hybridized carbons (Fsp3) is 0.500. The molecule has 0 saturated carbocycles. The van der Waals surface area contributed by atoms with Crippen molar-refractivity contribution in [2.24, 2.45) is 0 Å². The van der Waals surface area contributed by atoms with Crippen LogP contribution in [0.25, 0.3) is 10.9 Å². The van der Waals surface area contributed by atoms with Gasteiger partial charge in [0.05, 0.1) is 18.1 Å². The fourth-order valence-corrected chi connectivity index (χ4v) is 3.53. The summed E-state index contributed by atoms with van der Waals surface area (Å²) in [5, 5.41) is 4.13. The number of carbonyl (C=O) groups is 2. The molecule has 1 amide bonds. The maximum atomic E-state index is 12.8. The predicted octanol–water partition coefficient (Wildman–Crippen LogP) is 5.86. The summed E-state index contributed by atoms with van der Waals surface area (Å²) in [5.74, 6) is -0.00561. The van der Waals surface area contributed by atoms with Gasteiger partial charge in [-0.05, 0) is 39.4 Å². The number of nitrogens with zero attached hydrogens (tertiary/aromatic N) is 1. The van der Waals surface area contributed by atoms with Gasteiger partial charge in [-0.25, -0.2) is 0 Å². The Morgan fingerprint density at radius 3 is 2.31 bits per heavy atom. The van der Waals surface area contributed by atoms with Crippen LogP contribution in [0.2, 0.25) is 0 Å². The van der Waals surface area contributed by atoms with Gasteiger partial charge in [0.2, 0.25) is 5.91 Å². The van der Waals surface area contributed by atoms with E-state index in [1.807, 2.05) is 45.9 Å². The van der Waals surface area contributed by atoms with Crippen LogP contribution < -0.4 is 5.32 Å². The number of hydrogen-bond acceptors (Lipinski definition) is 3. The summed E-state index contributed by atoms with van der Waals surface area (Å²) in [6.45, 7) is 9.39. The number of carbonyl (C=O) groups excluding carboxylic acids is 2. The number of fused-ring (bicyclic) bond motifs is 3. The molecule has 0 bridgehead atoms. The monoisotopic (exact) mass is 775 g/mol. The average molecular weight is 775 g/mol. The van der Waals surface area contributed by atoms with E-state index in [2.05, 4.69) is 76.3 Å². The van der Waals surface area contributed by atoms with Gasteiger partial charge in [-0.2, -0.15) is 0 Å². The minimum absolute atomic E-state index is 0.0319. The van der Waals surface area contributed by atoms with Crippen LogP contribution in [0.3, 0.4) is 0 Å². The van der Waals surface area contributed by atoms with Crippen LogP contribution in [-0.4, -0.2) is 40.7 Å². The Morgan fingerprint density at radius 1 is 1.24 bits per heavy atom. The summed E-state index contributed by atoms with van der Waals surface area (Å²) in [4.78, 5) is 29.9. The number of amides is 1. The van der Waals surface area contributed by atoms with Gasteiger partial charge in [0, 0.05) is 23.0 Å². The van der Waals surface area contributed by atoms with E-state index in [4.69, 9.17) is 0 Å². The standard InChI is InChI=1S/C18H23N3O2.C2H6.3HI.V/c1-10(19-4)18(23)21-11(2)17-14(9-16(21)12(3)22)13-7-5-6-8-15(13)20-17;1-2;;;;/h5-8,10-11,16,19-20H,9H2,1-4H3;1-2H3;3*1H;/q;;;;;+3/p-3. The van der Waals surface area contributed by atoms with Crippen molar-refractivity contribution < 1.29 is 14.5 Å². The Morgan fingerprint density at radius 2 is 1.79 bits per heavy atom. The molecule has 2 heterocycles. The molecule has 29 heavy (non-hydrogen) atoms. The van der Waals surface area contributed by atoms with Gasteiger partial charge >= 0.3 is 64.9 Å². The Balaban J connectivity index is 0.000000627. The SMILES string of the molecule is CC.CNC(C)C(=O)N1C(C(C)=O)Cc2c([nH]c3ccccc23)C1C.[I][V]([I])[I]. The number of aromatic nitrogens is 1. The normalized spacial score (nSPS) is 18.9. The molecule has 3 unspecified atom stereocenters. The van der Waals surface area contributed by atoms with E-state index >= 15 is 0 Å². The molecule has 0 radical (unpaired) electrons. The first-order valence-corrected chi connectivity index (χ1v) is 23.1. The van der Waals surface area contributed by atoms with E-state index < -0.39 is 6.04 Å². The van der Waals surface area contributed by atoms with Crippen molar-refractivity contribution in [2.75, 3.05) is 7.05 Å². The Kier molecular flexibility index (Phi) is 12.6. The summed E-state index contributed by atoms with van der Waals surface area (Å²) in [6.07, 6.45) is 0.571. The molecule has 5 nitrogen and oxygen atoms in total. The zero-order chi connectivity index (χ0) is 22.3. The van der Waals surface area contributed by atoms with E-state index in [-0.39, 0.29) is 28.7 Å². The number of aromatic amines is 1. The number of benzene rings is 1. The molecule has 0 aliphatic carbocycles. The van der Waals surface area contributed by atoms with Crippen LogP contribution in [0.4, 0.5) is 0 Å². The number of ketones is 1.